The molecule has 3 N–H and O–H groups in total. The van der Waals surface area contributed by atoms with Crippen molar-refractivity contribution in [1.29, 1.82) is 0 Å². The fourth-order valence-electron chi connectivity index (χ4n) is 1.97. The Morgan fingerprint density at radius 2 is 2.22 bits per heavy atom. The first-order valence-electron chi connectivity index (χ1n) is 5.61. The Kier molecular flexibility index (Phi) is 3.59. The third kappa shape index (κ3) is 2.34. The van der Waals surface area contributed by atoms with E-state index >= 15 is 0 Å². The van der Waals surface area contributed by atoms with Crippen LogP contribution in [0, 0.1) is 6.92 Å². The summed E-state index contributed by atoms with van der Waals surface area (Å²) in [5.74, 6) is 6.35. The average molecular weight is 247 g/mol. The van der Waals surface area contributed by atoms with Gasteiger partial charge in [0.15, 0.2) is 0 Å². The first kappa shape index (κ1) is 12.5. The average Bonchev–Trinajstić information content (AvgIpc) is 2.70. The molecule has 0 spiro atoms. The van der Waals surface area contributed by atoms with Crippen LogP contribution in [0.3, 0.4) is 0 Å². The van der Waals surface area contributed by atoms with E-state index in [-0.39, 0.29) is 6.04 Å². The number of hydrogen-bond acceptors (Lipinski definition) is 5. The van der Waals surface area contributed by atoms with Crippen molar-refractivity contribution in [3.05, 3.63) is 41.5 Å². The van der Waals surface area contributed by atoms with Gasteiger partial charge in [0.25, 0.3) is 0 Å². The standard InChI is InChI=1S/C12H17N5O/c1-8-11(7-17(2)16-8)12(15-13)9-4-10(18-3)6-14-5-9/h4-7,12,15H,13H2,1-3H3. The molecule has 0 aromatic carbocycles. The fourth-order valence-corrected chi connectivity index (χ4v) is 1.97. The lowest BCUT2D eigenvalue weighted by molar-refractivity contribution is 0.411. The summed E-state index contributed by atoms with van der Waals surface area (Å²) in [7, 11) is 3.49. The van der Waals surface area contributed by atoms with Crippen molar-refractivity contribution in [2.45, 2.75) is 13.0 Å². The van der Waals surface area contributed by atoms with E-state index in [1.165, 1.54) is 0 Å². The number of hydrogen-bond donors (Lipinski definition) is 2. The van der Waals surface area contributed by atoms with Crippen molar-refractivity contribution < 1.29 is 4.74 Å². The molecule has 0 radical (unpaired) electrons. The van der Waals surface area contributed by atoms with E-state index in [0.29, 0.717) is 5.75 Å². The molecule has 6 heteroatoms. The highest BCUT2D eigenvalue weighted by Crippen LogP contribution is 2.25. The van der Waals surface area contributed by atoms with Crippen LogP contribution in [-0.2, 0) is 7.05 Å². The van der Waals surface area contributed by atoms with Gasteiger partial charge in [-0.2, -0.15) is 5.10 Å². The molecule has 0 aliphatic rings. The highest BCUT2D eigenvalue weighted by atomic mass is 16.5. The molecule has 96 valence electrons. The quantitative estimate of drug-likeness (QED) is 0.614. The number of methoxy groups -OCH3 is 1. The minimum Gasteiger partial charge on any atom is -0.495 e. The predicted molar refractivity (Wildman–Crippen MR) is 67.9 cm³/mol. The normalized spacial score (nSPS) is 12.4. The van der Waals surface area contributed by atoms with Crippen LogP contribution in [0.15, 0.2) is 24.7 Å². The SMILES string of the molecule is COc1cncc(C(NN)c2cn(C)nc2C)c1. The molecule has 2 rings (SSSR count). The highest BCUT2D eigenvalue weighted by molar-refractivity contribution is 5.34. The summed E-state index contributed by atoms with van der Waals surface area (Å²) in [5, 5.41) is 4.32. The Bertz CT molecular complexity index is 537. The van der Waals surface area contributed by atoms with Gasteiger partial charge in [-0.3, -0.25) is 15.5 Å². The first-order valence-corrected chi connectivity index (χ1v) is 5.61. The van der Waals surface area contributed by atoms with Gasteiger partial charge >= 0.3 is 0 Å². The molecule has 2 aromatic heterocycles. The van der Waals surface area contributed by atoms with E-state index in [4.69, 9.17) is 10.6 Å². The lowest BCUT2D eigenvalue weighted by Crippen LogP contribution is -2.29. The van der Waals surface area contributed by atoms with E-state index in [1.807, 2.05) is 26.2 Å². The molecule has 0 amide bonds. The van der Waals surface area contributed by atoms with Gasteiger partial charge in [-0.15, -0.1) is 0 Å². The van der Waals surface area contributed by atoms with Gasteiger partial charge in [-0.05, 0) is 18.6 Å². The number of rotatable bonds is 4. The minimum absolute atomic E-state index is 0.152. The highest BCUT2D eigenvalue weighted by Gasteiger charge is 2.18. The summed E-state index contributed by atoms with van der Waals surface area (Å²) in [4.78, 5) is 4.14. The van der Waals surface area contributed by atoms with Crippen LogP contribution in [0.1, 0.15) is 22.9 Å². The second-order valence-corrected chi connectivity index (χ2v) is 4.10. The van der Waals surface area contributed by atoms with Crippen LogP contribution >= 0.6 is 0 Å². The molecule has 0 aliphatic carbocycles. The third-order valence-electron chi connectivity index (χ3n) is 2.83. The molecule has 2 aromatic rings. The largest absolute Gasteiger partial charge is 0.495 e. The van der Waals surface area contributed by atoms with Crippen molar-refractivity contribution in [1.82, 2.24) is 20.2 Å². The number of hydrazine groups is 1. The predicted octanol–water partition coefficient (Wildman–Crippen LogP) is 0.685. The van der Waals surface area contributed by atoms with E-state index in [2.05, 4.69) is 15.5 Å². The van der Waals surface area contributed by atoms with Gasteiger partial charge < -0.3 is 4.74 Å². The Morgan fingerprint density at radius 3 is 2.78 bits per heavy atom. The van der Waals surface area contributed by atoms with Crippen molar-refractivity contribution in [3.8, 4) is 5.75 Å². The molecule has 18 heavy (non-hydrogen) atoms. The summed E-state index contributed by atoms with van der Waals surface area (Å²) in [6.07, 6.45) is 5.37. The third-order valence-corrected chi connectivity index (χ3v) is 2.83. The van der Waals surface area contributed by atoms with Crippen LogP contribution in [0.5, 0.6) is 5.75 Å². The molecule has 1 unspecified atom stereocenters. The second kappa shape index (κ2) is 5.16. The summed E-state index contributed by atoms with van der Waals surface area (Å²) >= 11 is 0. The maximum atomic E-state index is 5.65. The molecular weight excluding hydrogens is 230 g/mol. The Hall–Kier alpha value is -1.92. The zero-order valence-electron chi connectivity index (χ0n) is 10.7. The number of aromatic nitrogens is 3. The van der Waals surface area contributed by atoms with Gasteiger partial charge in [0.2, 0.25) is 0 Å². The first-order chi connectivity index (χ1) is 8.65. The fraction of sp³-hybridized carbons (Fsp3) is 0.333. The zero-order valence-corrected chi connectivity index (χ0v) is 10.7. The van der Waals surface area contributed by atoms with Crippen LogP contribution in [-0.4, -0.2) is 21.9 Å². The smallest absolute Gasteiger partial charge is 0.137 e. The van der Waals surface area contributed by atoms with E-state index in [0.717, 1.165) is 16.8 Å². The number of ether oxygens (including phenoxy) is 1. The van der Waals surface area contributed by atoms with E-state index in [1.54, 1.807) is 24.2 Å². The van der Waals surface area contributed by atoms with Crippen LogP contribution in [0.25, 0.3) is 0 Å². The second-order valence-electron chi connectivity index (χ2n) is 4.10. The number of pyridine rings is 1. The maximum Gasteiger partial charge on any atom is 0.137 e. The molecule has 6 nitrogen and oxygen atoms in total. The molecule has 1 atom stereocenters. The number of nitrogens with two attached hydrogens (primary N) is 1. The molecule has 2 heterocycles. The minimum atomic E-state index is -0.152. The van der Waals surface area contributed by atoms with Crippen LogP contribution in [0.4, 0.5) is 0 Å². The number of aryl methyl sites for hydroxylation is 2. The maximum absolute atomic E-state index is 5.65. The molecule has 0 fully saturated rings. The van der Waals surface area contributed by atoms with Crippen molar-refractivity contribution in [3.63, 3.8) is 0 Å². The van der Waals surface area contributed by atoms with Crippen LogP contribution in [0.2, 0.25) is 0 Å². The molecular formula is C12H17N5O. The number of nitrogens with zero attached hydrogens (tertiary/aromatic N) is 3. The molecule has 0 aliphatic heterocycles. The van der Waals surface area contributed by atoms with Crippen molar-refractivity contribution in [2.24, 2.45) is 12.9 Å². The Balaban J connectivity index is 2.41. The lowest BCUT2D eigenvalue weighted by Gasteiger charge is -2.15. The molecule has 0 saturated heterocycles. The lowest BCUT2D eigenvalue weighted by atomic mass is 10.0. The Labute approximate surface area is 106 Å². The summed E-state index contributed by atoms with van der Waals surface area (Å²) < 4.78 is 6.94. The summed E-state index contributed by atoms with van der Waals surface area (Å²) in [6.45, 7) is 1.95. The summed E-state index contributed by atoms with van der Waals surface area (Å²) in [6, 6.07) is 1.76. The van der Waals surface area contributed by atoms with Gasteiger partial charge in [0.1, 0.15) is 5.75 Å². The topological polar surface area (TPSA) is 78.0 Å². The van der Waals surface area contributed by atoms with Gasteiger partial charge in [-0.1, -0.05) is 0 Å². The van der Waals surface area contributed by atoms with Gasteiger partial charge in [0.05, 0.1) is 25.0 Å². The van der Waals surface area contributed by atoms with Crippen molar-refractivity contribution >= 4 is 0 Å². The van der Waals surface area contributed by atoms with Gasteiger partial charge in [0, 0.05) is 25.0 Å². The Morgan fingerprint density at radius 1 is 1.44 bits per heavy atom. The zero-order chi connectivity index (χ0) is 13.1. The van der Waals surface area contributed by atoms with Crippen LogP contribution < -0.4 is 16.0 Å². The van der Waals surface area contributed by atoms with E-state index in [9.17, 15) is 0 Å². The van der Waals surface area contributed by atoms with E-state index < -0.39 is 0 Å². The monoisotopic (exact) mass is 247 g/mol. The molecule has 0 saturated carbocycles. The number of nitrogens with one attached hydrogen (secondary N) is 1. The van der Waals surface area contributed by atoms with Gasteiger partial charge in [-0.25, -0.2) is 5.43 Å². The summed E-state index contributed by atoms with van der Waals surface area (Å²) in [5.41, 5.74) is 5.69. The molecule has 0 bridgehead atoms. The van der Waals surface area contributed by atoms with Crippen molar-refractivity contribution in [2.75, 3.05) is 7.11 Å².